The van der Waals surface area contributed by atoms with E-state index in [1.807, 2.05) is 49.5 Å². The van der Waals surface area contributed by atoms with Crippen LogP contribution in [0.5, 0.6) is 0 Å². The summed E-state index contributed by atoms with van der Waals surface area (Å²) in [6, 6.07) is 5.90. The Bertz CT molecular complexity index is 619. The number of Topliss-reactive ketones (excluding diaryl/α,β-unsaturated/α-hetero) is 1. The van der Waals surface area contributed by atoms with Gasteiger partial charge in [-0.25, -0.2) is 4.98 Å². The van der Waals surface area contributed by atoms with Crippen LogP contribution in [-0.4, -0.2) is 29.3 Å². The number of rotatable bonds is 5. The van der Waals surface area contributed by atoms with E-state index in [-0.39, 0.29) is 5.78 Å². The molecule has 2 aromatic rings. The van der Waals surface area contributed by atoms with Crippen LogP contribution in [-0.2, 0) is 6.54 Å². The summed E-state index contributed by atoms with van der Waals surface area (Å²) in [5, 5.41) is 0. The van der Waals surface area contributed by atoms with Crippen LogP contribution < -0.4 is 0 Å². The lowest BCUT2D eigenvalue weighted by molar-refractivity contribution is 0.0943. The first-order valence-electron chi connectivity index (χ1n) is 6.65. The first-order chi connectivity index (χ1) is 9.47. The average Bonchev–Trinajstić information content (AvgIpc) is 2.78. The number of carbonyl (C=O) groups excluding carboxylic acids is 1. The maximum atomic E-state index is 12.3. The highest BCUT2D eigenvalue weighted by Gasteiger charge is 2.12. The Labute approximate surface area is 124 Å². The van der Waals surface area contributed by atoms with E-state index in [2.05, 4.69) is 11.9 Å². The number of thiazole rings is 1. The van der Waals surface area contributed by atoms with Crippen LogP contribution in [0.4, 0.5) is 0 Å². The van der Waals surface area contributed by atoms with Crippen molar-refractivity contribution in [3.63, 3.8) is 0 Å². The number of carbonyl (C=O) groups is 1. The van der Waals surface area contributed by atoms with Gasteiger partial charge in [-0.1, -0.05) is 12.1 Å². The number of aromatic nitrogens is 1. The maximum absolute atomic E-state index is 12.3. The normalized spacial score (nSPS) is 11.1. The average molecular weight is 288 g/mol. The Morgan fingerprint density at radius 1 is 1.25 bits per heavy atom. The van der Waals surface area contributed by atoms with E-state index in [1.165, 1.54) is 10.4 Å². The third kappa shape index (κ3) is 3.52. The summed E-state index contributed by atoms with van der Waals surface area (Å²) in [6.07, 6.45) is 0. The number of hydrogen-bond donors (Lipinski definition) is 0. The van der Waals surface area contributed by atoms with E-state index in [1.54, 1.807) is 11.3 Å². The van der Waals surface area contributed by atoms with Crippen molar-refractivity contribution in [3.05, 3.63) is 51.0 Å². The molecule has 106 valence electrons. The van der Waals surface area contributed by atoms with Gasteiger partial charge >= 0.3 is 0 Å². The van der Waals surface area contributed by atoms with Crippen molar-refractivity contribution in [2.75, 3.05) is 13.6 Å². The molecule has 1 aromatic carbocycles. The molecule has 0 aliphatic heterocycles. The monoisotopic (exact) mass is 288 g/mol. The van der Waals surface area contributed by atoms with Crippen molar-refractivity contribution in [3.8, 4) is 0 Å². The molecule has 0 bridgehead atoms. The largest absolute Gasteiger partial charge is 0.294 e. The molecule has 0 aliphatic rings. The van der Waals surface area contributed by atoms with Crippen LogP contribution in [0.1, 0.15) is 32.1 Å². The van der Waals surface area contributed by atoms with E-state index in [0.29, 0.717) is 6.54 Å². The van der Waals surface area contributed by atoms with Gasteiger partial charge in [0.2, 0.25) is 0 Å². The third-order valence-corrected chi connectivity index (χ3v) is 4.42. The van der Waals surface area contributed by atoms with Crippen molar-refractivity contribution in [1.82, 2.24) is 9.88 Å². The Morgan fingerprint density at radius 2 is 2.00 bits per heavy atom. The molecule has 3 nitrogen and oxygen atoms in total. The van der Waals surface area contributed by atoms with Crippen molar-refractivity contribution in [1.29, 1.82) is 0 Å². The second-order valence-electron chi connectivity index (χ2n) is 5.26. The Kier molecular flexibility index (Phi) is 4.68. The first-order valence-corrected chi connectivity index (χ1v) is 7.53. The lowest BCUT2D eigenvalue weighted by atomic mass is 10.0. The molecule has 4 heteroatoms. The van der Waals surface area contributed by atoms with Gasteiger partial charge in [0.1, 0.15) is 0 Å². The topological polar surface area (TPSA) is 33.2 Å². The third-order valence-electron chi connectivity index (χ3n) is 3.50. The summed E-state index contributed by atoms with van der Waals surface area (Å²) in [5.74, 6) is 0.165. The van der Waals surface area contributed by atoms with E-state index in [0.717, 1.165) is 23.4 Å². The zero-order valence-electron chi connectivity index (χ0n) is 12.4. The molecule has 0 aliphatic carbocycles. The van der Waals surface area contributed by atoms with E-state index in [4.69, 9.17) is 0 Å². The number of likely N-dealkylation sites (N-methyl/N-ethyl adjacent to an activating group) is 1. The smallest absolute Gasteiger partial charge is 0.176 e. The summed E-state index contributed by atoms with van der Waals surface area (Å²) in [6.45, 7) is 7.30. The van der Waals surface area contributed by atoms with Gasteiger partial charge in [0.05, 0.1) is 17.7 Å². The molecule has 0 spiro atoms. The minimum atomic E-state index is 0.165. The van der Waals surface area contributed by atoms with Gasteiger partial charge in [0, 0.05) is 17.0 Å². The summed E-state index contributed by atoms with van der Waals surface area (Å²) >= 11 is 1.64. The molecule has 0 N–H and O–H groups in total. The van der Waals surface area contributed by atoms with Crippen LogP contribution in [0.2, 0.25) is 0 Å². The van der Waals surface area contributed by atoms with Gasteiger partial charge in [-0.2, -0.15) is 0 Å². The molecule has 0 atom stereocenters. The maximum Gasteiger partial charge on any atom is 0.176 e. The fourth-order valence-corrected chi connectivity index (χ4v) is 2.89. The van der Waals surface area contributed by atoms with Gasteiger partial charge in [0.25, 0.3) is 0 Å². The van der Waals surface area contributed by atoms with Crippen molar-refractivity contribution < 1.29 is 4.79 Å². The fraction of sp³-hybridized carbons (Fsp3) is 0.375. The lowest BCUT2D eigenvalue weighted by Gasteiger charge is -2.15. The summed E-state index contributed by atoms with van der Waals surface area (Å²) < 4.78 is 0. The zero-order valence-corrected chi connectivity index (χ0v) is 13.3. The summed E-state index contributed by atoms with van der Waals surface area (Å²) in [4.78, 5) is 19.8. The fourth-order valence-electron chi connectivity index (χ4n) is 2.03. The van der Waals surface area contributed by atoms with E-state index in [9.17, 15) is 4.79 Å². The van der Waals surface area contributed by atoms with Crippen molar-refractivity contribution in [2.45, 2.75) is 27.3 Å². The predicted molar refractivity (Wildman–Crippen MR) is 83.4 cm³/mol. The molecule has 0 saturated heterocycles. The molecular weight excluding hydrogens is 268 g/mol. The summed E-state index contributed by atoms with van der Waals surface area (Å²) in [5.41, 5.74) is 6.08. The molecule has 0 amide bonds. The molecule has 2 rings (SSSR count). The van der Waals surface area contributed by atoms with Crippen molar-refractivity contribution >= 4 is 17.1 Å². The lowest BCUT2D eigenvalue weighted by Crippen LogP contribution is -2.25. The Balaban J connectivity index is 2.00. The molecule has 0 saturated carbocycles. The highest BCUT2D eigenvalue weighted by Crippen LogP contribution is 2.15. The first kappa shape index (κ1) is 14.9. The standard InChI is InChI=1S/C16H20N2OS/c1-11-5-6-14(7-12(11)2)15(19)8-18(4)9-16-13(3)17-10-20-16/h5-7,10H,8-9H2,1-4H3. The number of nitrogens with zero attached hydrogens (tertiary/aromatic N) is 2. The van der Waals surface area contributed by atoms with Crippen LogP contribution in [0, 0.1) is 20.8 Å². The van der Waals surface area contributed by atoms with Crippen LogP contribution >= 0.6 is 11.3 Å². The second kappa shape index (κ2) is 6.29. The predicted octanol–water partition coefficient (Wildman–Crippen LogP) is 3.38. The van der Waals surface area contributed by atoms with Gasteiger partial charge < -0.3 is 0 Å². The van der Waals surface area contributed by atoms with Gasteiger partial charge in [0.15, 0.2) is 5.78 Å². The van der Waals surface area contributed by atoms with Gasteiger partial charge in [-0.3, -0.25) is 9.69 Å². The SMILES string of the molecule is Cc1ccc(C(=O)CN(C)Cc2scnc2C)cc1C. The minimum absolute atomic E-state index is 0.165. The molecule has 0 unspecified atom stereocenters. The highest BCUT2D eigenvalue weighted by molar-refractivity contribution is 7.09. The Morgan fingerprint density at radius 3 is 2.60 bits per heavy atom. The molecule has 1 aromatic heterocycles. The molecule has 20 heavy (non-hydrogen) atoms. The Hall–Kier alpha value is -1.52. The van der Waals surface area contributed by atoms with Crippen molar-refractivity contribution in [2.24, 2.45) is 0 Å². The highest BCUT2D eigenvalue weighted by atomic mass is 32.1. The van der Waals surface area contributed by atoms with Crippen LogP contribution in [0.25, 0.3) is 0 Å². The van der Waals surface area contributed by atoms with Gasteiger partial charge in [-0.05, 0) is 45.0 Å². The number of aryl methyl sites for hydroxylation is 3. The van der Waals surface area contributed by atoms with E-state index < -0.39 is 0 Å². The number of benzene rings is 1. The molecular formula is C16H20N2OS. The molecule has 0 fully saturated rings. The van der Waals surface area contributed by atoms with Crippen LogP contribution in [0.3, 0.4) is 0 Å². The number of ketones is 1. The second-order valence-corrected chi connectivity index (χ2v) is 6.19. The zero-order chi connectivity index (χ0) is 14.7. The molecule has 1 heterocycles. The number of hydrogen-bond acceptors (Lipinski definition) is 4. The van der Waals surface area contributed by atoms with E-state index >= 15 is 0 Å². The van der Waals surface area contributed by atoms with Gasteiger partial charge in [-0.15, -0.1) is 11.3 Å². The molecule has 0 radical (unpaired) electrons. The quantitative estimate of drug-likeness (QED) is 0.791. The summed E-state index contributed by atoms with van der Waals surface area (Å²) in [7, 11) is 1.97. The minimum Gasteiger partial charge on any atom is -0.294 e. The van der Waals surface area contributed by atoms with Crippen LogP contribution in [0.15, 0.2) is 23.7 Å².